The van der Waals surface area contributed by atoms with Crippen LogP contribution in [0.15, 0.2) is 40.5 Å². The molecule has 166 valence electrons. The SMILES string of the molecule is CCCSc1nc(NC(C)C)c2cnn(CCNC(=O)c3ccccc3SCC)c2n1. The van der Waals surface area contributed by atoms with Crippen LogP contribution in [0.2, 0.25) is 0 Å². The molecule has 1 amide bonds. The van der Waals surface area contributed by atoms with Crippen LogP contribution in [-0.2, 0) is 6.54 Å². The van der Waals surface area contributed by atoms with Gasteiger partial charge in [0.1, 0.15) is 5.82 Å². The van der Waals surface area contributed by atoms with E-state index >= 15 is 0 Å². The lowest BCUT2D eigenvalue weighted by molar-refractivity contribution is 0.0949. The van der Waals surface area contributed by atoms with Crippen molar-refractivity contribution in [1.82, 2.24) is 25.1 Å². The molecule has 7 nitrogen and oxygen atoms in total. The number of carbonyl (C=O) groups is 1. The Balaban J connectivity index is 1.75. The largest absolute Gasteiger partial charge is 0.367 e. The van der Waals surface area contributed by atoms with Crippen molar-refractivity contribution < 1.29 is 4.79 Å². The minimum atomic E-state index is -0.0657. The Morgan fingerprint density at radius 1 is 1.16 bits per heavy atom. The van der Waals surface area contributed by atoms with Gasteiger partial charge in [-0.05, 0) is 38.2 Å². The first-order valence-corrected chi connectivity index (χ1v) is 12.6. The van der Waals surface area contributed by atoms with E-state index in [1.807, 2.05) is 28.9 Å². The minimum absolute atomic E-state index is 0.0657. The molecule has 0 unspecified atom stereocenters. The molecule has 2 aromatic heterocycles. The molecule has 0 fully saturated rings. The molecule has 31 heavy (non-hydrogen) atoms. The summed E-state index contributed by atoms with van der Waals surface area (Å²) in [6.45, 7) is 9.40. The molecule has 0 saturated carbocycles. The van der Waals surface area contributed by atoms with Crippen molar-refractivity contribution in [2.45, 2.75) is 56.8 Å². The summed E-state index contributed by atoms with van der Waals surface area (Å²) in [7, 11) is 0. The maximum Gasteiger partial charge on any atom is 0.252 e. The van der Waals surface area contributed by atoms with Crippen molar-refractivity contribution >= 4 is 46.3 Å². The van der Waals surface area contributed by atoms with Crippen molar-refractivity contribution in [3.8, 4) is 0 Å². The molecule has 3 aromatic rings. The second-order valence-corrected chi connectivity index (χ2v) is 9.66. The second-order valence-electron chi connectivity index (χ2n) is 7.29. The van der Waals surface area contributed by atoms with E-state index < -0.39 is 0 Å². The van der Waals surface area contributed by atoms with E-state index in [0.29, 0.717) is 18.7 Å². The van der Waals surface area contributed by atoms with Crippen LogP contribution in [0.5, 0.6) is 0 Å². The maximum atomic E-state index is 12.7. The first-order valence-electron chi connectivity index (χ1n) is 10.7. The molecule has 9 heteroatoms. The van der Waals surface area contributed by atoms with Crippen molar-refractivity contribution in [2.75, 3.05) is 23.4 Å². The van der Waals surface area contributed by atoms with Crippen LogP contribution in [0.4, 0.5) is 5.82 Å². The van der Waals surface area contributed by atoms with Gasteiger partial charge in [0, 0.05) is 23.2 Å². The highest BCUT2D eigenvalue weighted by atomic mass is 32.2. The number of benzene rings is 1. The molecule has 0 aliphatic rings. The predicted molar refractivity (Wildman–Crippen MR) is 130 cm³/mol. The number of nitrogens with one attached hydrogen (secondary N) is 2. The average molecular weight is 459 g/mol. The lowest BCUT2D eigenvalue weighted by Gasteiger charge is -2.12. The van der Waals surface area contributed by atoms with Gasteiger partial charge in [-0.25, -0.2) is 14.6 Å². The smallest absolute Gasteiger partial charge is 0.252 e. The van der Waals surface area contributed by atoms with E-state index in [1.54, 1.807) is 29.7 Å². The van der Waals surface area contributed by atoms with Crippen LogP contribution in [0, 0.1) is 0 Å². The van der Waals surface area contributed by atoms with Crippen LogP contribution < -0.4 is 10.6 Å². The number of hydrogen-bond donors (Lipinski definition) is 2. The van der Waals surface area contributed by atoms with Crippen molar-refractivity contribution in [3.05, 3.63) is 36.0 Å². The number of rotatable bonds is 11. The average Bonchev–Trinajstić information content (AvgIpc) is 3.15. The molecule has 0 atom stereocenters. The van der Waals surface area contributed by atoms with E-state index in [1.165, 1.54) is 0 Å². The van der Waals surface area contributed by atoms with Crippen LogP contribution in [0.25, 0.3) is 11.0 Å². The van der Waals surface area contributed by atoms with Crippen molar-refractivity contribution in [2.24, 2.45) is 0 Å². The van der Waals surface area contributed by atoms with E-state index in [4.69, 9.17) is 4.98 Å². The number of anilines is 1. The second kappa shape index (κ2) is 11.4. The lowest BCUT2D eigenvalue weighted by Crippen LogP contribution is -2.28. The van der Waals surface area contributed by atoms with Crippen LogP contribution in [0.1, 0.15) is 44.5 Å². The lowest BCUT2D eigenvalue weighted by atomic mass is 10.2. The number of carbonyl (C=O) groups excluding carboxylic acids is 1. The molecule has 0 aliphatic heterocycles. The van der Waals surface area contributed by atoms with Gasteiger partial charge < -0.3 is 10.6 Å². The van der Waals surface area contributed by atoms with Crippen molar-refractivity contribution in [3.63, 3.8) is 0 Å². The fraction of sp³-hybridized carbons (Fsp3) is 0.455. The molecule has 1 aromatic carbocycles. The van der Waals surface area contributed by atoms with E-state index in [9.17, 15) is 4.79 Å². The van der Waals surface area contributed by atoms with Crippen LogP contribution in [0.3, 0.4) is 0 Å². The summed E-state index contributed by atoms with van der Waals surface area (Å²) >= 11 is 3.32. The van der Waals surface area contributed by atoms with Gasteiger partial charge in [-0.15, -0.1) is 11.8 Å². The van der Waals surface area contributed by atoms with Gasteiger partial charge in [0.25, 0.3) is 5.91 Å². The summed E-state index contributed by atoms with van der Waals surface area (Å²) < 4.78 is 1.84. The normalized spacial score (nSPS) is 11.3. The van der Waals surface area contributed by atoms with Gasteiger partial charge in [-0.1, -0.05) is 37.7 Å². The molecule has 2 heterocycles. The standard InChI is InChI=1S/C22H30N6OS2/c1-5-13-31-22-26-19(25-15(3)4)17-14-24-28(20(17)27-22)12-11-23-21(29)16-9-7-8-10-18(16)30-6-2/h7-10,14-15H,5-6,11-13H2,1-4H3,(H,23,29)(H,25,26,27). The first-order chi connectivity index (χ1) is 15.0. The molecule has 0 spiro atoms. The Bertz CT molecular complexity index is 1020. The highest BCUT2D eigenvalue weighted by molar-refractivity contribution is 7.99. The summed E-state index contributed by atoms with van der Waals surface area (Å²) in [6, 6.07) is 7.96. The number of nitrogens with zero attached hydrogens (tertiary/aromatic N) is 4. The fourth-order valence-electron chi connectivity index (χ4n) is 3.05. The molecular formula is C22H30N6OS2. The minimum Gasteiger partial charge on any atom is -0.367 e. The maximum absolute atomic E-state index is 12.7. The van der Waals surface area contributed by atoms with Gasteiger partial charge in [-0.2, -0.15) is 5.10 Å². The summed E-state index contributed by atoms with van der Waals surface area (Å²) in [6.07, 6.45) is 2.85. The molecule has 3 rings (SSSR count). The fourth-order valence-corrected chi connectivity index (χ4v) is 4.54. The molecular weight excluding hydrogens is 428 g/mol. The molecule has 0 aliphatic carbocycles. The Morgan fingerprint density at radius 3 is 2.71 bits per heavy atom. The number of hydrogen-bond acceptors (Lipinski definition) is 7. The van der Waals surface area contributed by atoms with Crippen LogP contribution >= 0.6 is 23.5 Å². The number of aromatic nitrogens is 4. The molecule has 0 bridgehead atoms. The third-order valence-electron chi connectivity index (χ3n) is 4.38. The Labute approximate surface area is 192 Å². The quantitative estimate of drug-likeness (QED) is 0.318. The van der Waals surface area contributed by atoms with E-state index in [-0.39, 0.29) is 11.9 Å². The topological polar surface area (TPSA) is 84.7 Å². The first kappa shape index (κ1) is 23.4. The molecule has 0 saturated heterocycles. The van der Waals surface area contributed by atoms with Gasteiger partial charge >= 0.3 is 0 Å². The van der Waals surface area contributed by atoms with Gasteiger partial charge in [0.05, 0.1) is 23.7 Å². The summed E-state index contributed by atoms with van der Waals surface area (Å²) in [5.41, 5.74) is 1.50. The predicted octanol–water partition coefficient (Wildman–Crippen LogP) is 4.69. The zero-order valence-corrected chi connectivity index (χ0v) is 20.1. The number of thioether (sulfide) groups is 2. The Kier molecular flexibility index (Phi) is 8.60. The third-order valence-corrected chi connectivity index (χ3v) is 6.39. The van der Waals surface area contributed by atoms with Crippen molar-refractivity contribution in [1.29, 1.82) is 0 Å². The Hall–Kier alpha value is -2.26. The monoisotopic (exact) mass is 458 g/mol. The summed E-state index contributed by atoms with van der Waals surface area (Å²) in [5.74, 6) is 2.63. The summed E-state index contributed by atoms with van der Waals surface area (Å²) in [4.78, 5) is 23.1. The Morgan fingerprint density at radius 2 is 1.97 bits per heavy atom. The van der Waals surface area contributed by atoms with E-state index in [0.717, 1.165) is 44.8 Å². The zero-order valence-electron chi connectivity index (χ0n) is 18.5. The van der Waals surface area contributed by atoms with Gasteiger partial charge in [-0.3, -0.25) is 4.79 Å². The van der Waals surface area contributed by atoms with Gasteiger partial charge in [0.15, 0.2) is 10.8 Å². The van der Waals surface area contributed by atoms with E-state index in [2.05, 4.69) is 48.4 Å². The summed E-state index contributed by atoms with van der Waals surface area (Å²) in [5, 5.41) is 12.6. The van der Waals surface area contributed by atoms with Gasteiger partial charge in [0.2, 0.25) is 0 Å². The molecule has 2 N–H and O–H groups in total. The number of amides is 1. The third kappa shape index (κ3) is 6.13. The highest BCUT2D eigenvalue weighted by Crippen LogP contribution is 2.25. The van der Waals surface area contributed by atoms with Crippen LogP contribution in [-0.4, -0.2) is 49.7 Å². The zero-order chi connectivity index (χ0) is 22.2. The highest BCUT2D eigenvalue weighted by Gasteiger charge is 2.15. The molecule has 0 radical (unpaired) electrons. The number of fused-ring (bicyclic) bond motifs is 1.